The number of rotatable bonds is 8. The lowest BCUT2D eigenvalue weighted by molar-refractivity contribution is -0.142. The number of phosphoric acid groups is 1. The number of hydrogen-bond acceptors (Lipinski definition) is 5. The minimum atomic E-state index is -4.76. The van der Waals surface area contributed by atoms with Gasteiger partial charge in [0.25, 0.3) is 0 Å². The van der Waals surface area contributed by atoms with Crippen molar-refractivity contribution in [2.24, 2.45) is 16.5 Å². The smallest absolute Gasteiger partial charge is 0.480 e. The van der Waals surface area contributed by atoms with Crippen LogP contribution in [0.1, 0.15) is 12.8 Å². The van der Waals surface area contributed by atoms with Gasteiger partial charge in [-0.2, -0.15) is 10.1 Å². The molecule has 0 spiro atoms. The van der Waals surface area contributed by atoms with Gasteiger partial charge in [-0.15, -0.1) is 0 Å². The summed E-state index contributed by atoms with van der Waals surface area (Å²) < 4.78 is 14.2. The van der Waals surface area contributed by atoms with Crippen LogP contribution in [0.15, 0.2) is 4.99 Å². The van der Waals surface area contributed by atoms with Gasteiger partial charge in [-0.25, -0.2) is 4.57 Å². The largest absolute Gasteiger partial charge is 0.486 e. The van der Waals surface area contributed by atoms with Crippen LogP contribution in [0, 0.1) is 0 Å². The van der Waals surface area contributed by atoms with Crippen molar-refractivity contribution in [3.05, 3.63) is 0 Å². The fourth-order valence-corrected chi connectivity index (χ4v) is 1.13. The Bertz CT molecular complexity index is 326. The zero-order valence-corrected chi connectivity index (χ0v) is 10.2. The van der Waals surface area contributed by atoms with E-state index in [-0.39, 0.29) is 24.4 Å². The lowest BCUT2D eigenvalue weighted by atomic mass is 10.2. The standard InChI is InChI=1S/C6H15N4O6P.H2O/c7-6(8)9-3-1-2-4(5(11)12)10-16-17(13,14)15;/h4,10H,1-3H2,(H,11,12)(H4,7,8,9)(H2,13,14,15);1H2/t4-;/m0./s1. The molecule has 0 radical (unpaired) electrons. The van der Waals surface area contributed by atoms with E-state index < -0.39 is 19.8 Å². The highest BCUT2D eigenvalue weighted by atomic mass is 31.2. The van der Waals surface area contributed by atoms with E-state index in [0.717, 1.165) is 0 Å². The first-order valence-electron chi connectivity index (χ1n) is 4.50. The maximum absolute atomic E-state index is 10.7. The Hall–Kier alpha value is -1.23. The van der Waals surface area contributed by atoms with Gasteiger partial charge in [0.15, 0.2) is 5.96 Å². The second-order valence-electron chi connectivity index (χ2n) is 3.04. The minimum Gasteiger partial charge on any atom is -0.480 e. The molecule has 0 unspecified atom stereocenters. The van der Waals surface area contributed by atoms with E-state index in [9.17, 15) is 9.36 Å². The molecule has 0 fully saturated rings. The molecule has 0 saturated heterocycles. The first-order chi connectivity index (χ1) is 7.72. The molecule has 1 atom stereocenters. The van der Waals surface area contributed by atoms with Crippen molar-refractivity contribution in [2.75, 3.05) is 6.54 Å². The number of carbonyl (C=O) groups is 1. The molecule has 0 rings (SSSR count). The molecule has 12 heteroatoms. The van der Waals surface area contributed by atoms with Crippen molar-refractivity contribution in [1.29, 1.82) is 0 Å². The molecule has 0 aliphatic carbocycles. The highest BCUT2D eigenvalue weighted by molar-refractivity contribution is 7.46. The summed E-state index contributed by atoms with van der Waals surface area (Å²) in [4.78, 5) is 31.0. The molecule has 0 aliphatic rings. The third-order valence-electron chi connectivity index (χ3n) is 1.56. The summed E-state index contributed by atoms with van der Waals surface area (Å²) in [5.41, 5.74) is 11.9. The molecule has 0 saturated carbocycles. The van der Waals surface area contributed by atoms with Crippen LogP contribution in [0.3, 0.4) is 0 Å². The number of carboxylic acids is 1. The van der Waals surface area contributed by atoms with Crippen LogP contribution in [0.5, 0.6) is 0 Å². The Morgan fingerprint density at radius 3 is 2.39 bits per heavy atom. The molecule has 0 heterocycles. The number of carboxylic acid groups (broad SMARTS) is 1. The van der Waals surface area contributed by atoms with Crippen LogP contribution in [0.4, 0.5) is 0 Å². The molecule has 18 heavy (non-hydrogen) atoms. The van der Waals surface area contributed by atoms with Crippen molar-refractivity contribution in [3.8, 4) is 0 Å². The van der Waals surface area contributed by atoms with Crippen molar-refractivity contribution in [2.45, 2.75) is 18.9 Å². The Morgan fingerprint density at radius 1 is 1.44 bits per heavy atom. The first kappa shape index (κ1) is 19.1. The number of guanidine groups is 1. The summed E-state index contributed by atoms with van der Waals surface area (Å²) in [5.74, 6) is -1.42. The van der Waals surface area contributed by atoms with Gasteiger partial charge >= 0.3 is 13.8 Å². The monoisotopic (exact) mass is 288 g/mol. The number of aliphatic carboxylic acids is 1. The summed E-state index contributed by atoms with van der Waals surface area (Å²) in [5, 5.41) is 8.70. The van der Waals surface area contributed by atoms with Gasteiger partial charge in [0.1, 0.15) is 6.04 Å². The molecular weight excluding hydrogens is 271 g/mol. The highest BCUT2D eigenvalue weighted by Crippen LogP contribution is 2.34. The fourth-order valence-electron chi connectivity index (χ4n) is 0.869. The maximum Gasteiger partial charge on any atom is 0.486 e. The van der Waals surface area contributed by atoms with Gasteiger partial charge in [-0.1, -0.05) is 0 Å². The Labute approximate surface area is 102 Å². The lowest BCUT2D eigenvalue weighted by Gasteiger charge is -2.13. The highest BCUT2D eigenvalue weighted by Gasteiger charge is 2.22. The fraction of sp³-hybridized carbons (Fsp3) is 0.667. The average Bonchev–Trinajstić information content (AvgIpc) is 2.13. The number of nitrogens with zero attached hydrogens (tertiary/aromatic N) is 1. The summed E-state index contributed by atoms with van der Waals surface area (Å²) in [6.45, 7) is 0.212. The van der Waals surface area contributed by atoms with Crippen LogP contribution in [0.2, 0.25) is 0 Å². The molecule has 10 N–H and O–H groups in total. The van der Waals surface area contributed by atoms with Gasteiger partial charge in [-0.05, 0) is 12.8 Å². The zero-order valence-electron chi connectivity index (χ0n) is 9.31. The van der Waals surface area contributed by atoms with Gasteiger partial charge < -0.3 is 31.8 Å². The SMILES string of the molecule is NC(N)=NCCC[C@H](NOP(=O)(O)O)C(=O)O.O. The van der Waals surface area contributed by atoms with Crippen LogP contribution in [-0.4, -0.2) is 44.9 Å². The van der Waals surface area contributed by atoms with Crippen LogP contribution in [0.25, 0.3) is 0 Å². The average molecular weight is 288 g/mol. The molecule has 0 aromatic carbocycles. The molecule has 0 amide bonds. The van der Waals surface area contributed by atoms with Crippen molar-refractivity contribution in [3.63, 3.8) is 0 Å². The Balaban J connectivity index is 0. The molecule has 0 aromatic heterocycles. The van der Waals surface area contributed by atoms with E-state index in [0.29, 0.717) is 6.42 Å². The van der Waals surface area contributed by atoms with Crippen LogP contribution >= 0.6 is 7.82 Å². The molecule has 108 valence electrons. The summed E-state index contributed by atoms with van der Waals surface area (Å²) in [7, 11) is -4.76. The molecule has 0 bridgehead atoms. The minimum absolute atomic E-state index is 0. The number of nitrogens with one attached hydrogen (secondary N) is 1. The first-order valence-corrected chi connectivity index (χ1v) is 6.03. The van der Waals surface area contributed by atoms with Crippen molar-refractivity contribution >= 4 is 19.8 Å². The van der Waals surface area contributed by atoms with E-state index in [4.69, 9.17) is 26.4 Å². The second kappa shape index (κ2) is 8.80. The van der Waals surface area contributed by atoms with Crippen LogP contribution < -0.4 is 16.9 Å². The number of nitrogens with two attached hydrogens (primary N) is 2. The van der Waals surface area contributed by atoms with Gasteiger partial charge in [0.2, 0.25) is 0 Å². The maximum atomic E-state index is 10.7. The molecular formula is C6H17N4O7P. The third kappa shape index (κ3) is 11.3. The topological polar surface area (TPSA) is 212 Å². The normalized spacial score (nSPS) is 12.3. The lowest BCUT2D eigenvalue weighted by Crippen LogP contribution is -2.36. The van der Waals surface area contributed by atoms with E-state index in [1.807, 2.05) is 0 Å². The van der Waals surface area contributed by atoms with E-state index in [1.54, 1.807) is 5.48 Å². The number of hydrogen-bond donors (Lipinski definition) is 6. The number of hydroxylamine groups is 1. The predicted molar refractivity (Wildman–Crippen MR) is 61.2 cm³/mol. The van der Waals surface area contributed by atoms with Crippen molar-refractivity contribution < 1.29 is 34.4 Å². The Kier molecular flexibility index (Phi) is 9.35. The predicted octanol–water partition coefficient (Wildman–Crippen LogP) is -2.72. The summed E-state index contributed by atoms with van der Waals surface area (Å²) >= 11 is 0. The van der Waals surface area contributed by atoms with Gasteiger partial charge in [-0.3, -0.25) is 9.79 Å². The van der Waals surface area contributed by atoms with Gasteiger partial charge in [0, 0.05) is 6.54 Å². The summed E-state index contributed by atoms with van der Waals surface area (Å²) in [6.07, 6.45) is 0.360. The Morgan fingerprint density at radius 2 is 2.00 bits per heavy atom. The summed E-state index contributed by atoms with van der Waals surface area (Å²) in [6, 6.07) is -1.25. The molecule has 0 aliphatic heterocycles. The van der Waals surface area contributed by atoms with E-state index in [2.05, 4.69) is 9.62 Å². The molecule has 0 aromatic rings. The van der Waals surface area contributed by atoms with E-state index >= 15 is 0 Å². The molecule has 11 nitrogen and oxygen atoms in total. The quantitative estimate of drug-likeness (QED) is 0.0898. The number of aliphatic imine (C=N–C) groups is 1. The van der Waals surface area contributed by atoms with Crippen molar-refractivity contribution in [1.82, 2.24) is 5.48 Å². The zero-order chi connectivity index (χ0) is 13.5. The second-order valence-corrected chi connectivity index (χ2v) is 4.20. The van der Waals surface area contributed by atoms with Crippen LogP contribution in [-0.2, 0) is 14.0 Å². The van der Waals surface area contributed by atoms with Gasteiger partial charge in [0.05, 0.1) is 0 Å². The van der Waals surface area contributed by atoms with E-state index in [1.165, 1.54) is 0 Å². The third-order valence-corrected chi connectivity index (χ3v) is 1.90.